The molecule has 72 valence electrons. The molecule has 0 saturated carbocycles. The van der Waals surface area contributed by atoms with E-state index in [0.717, 1.165) is 6.42 Å². The molecule has 12 heavy (non-hydrogen) atoms. The van der Waals surface area contributed by atoms with E-state index < -0.39 is 0 Å². The minimum absolute atomic E-state index is 0.315. The number of hydrogen-bond donors (Lipinski definition) is 1. The second-order valence-corrected chi connectivity index (χ2v) is 4.00. The minimum atomic E-state index is 0.315. The summed E-state index contributed by atoms with van der Waals surface area (Å²) >= 11 is 0. The zero-order chi connectivity index (χ0) is 9.56. The maximum absolute atomic E-state index is 8.90. The van der Waals surface area contributed by atoms with Gasteiger partial charge in [-0.25, -0.2) is 0 Å². The topological polar surface area (TPSA) is 20.2 Å². The van der Waals surface area contributed by atoms with Gasteiger partial charge < -0.3 is 5.11 Å². The maximum atomic E-state index is 8.90. The first kappa shape index (κ1) is 11.7. The lowest BCUT2D eigenvalue weighted by molar-refractivity contribution is 0.191. The molecule has 0 radical (unpaired) electrons. The molecule has 0 heterocycles. The van der Waals surface area contributed by atoms with Gasteiger partial charge >= 0.3 is 0 Å². The average molecular weight is 170 g/mol. The van der Waals surface area contributed by atoms with E-state index in [1.54, 1.807) is 0 Å². The summed E-state index contributed by atoms with van der Waals surface area (Å²) in [6.45, 7) is 8.88. The van der Waals surface area contributed by atoms with Crippen LogP contribution in [0.15, 0.2) is 11.6 Å². The van der Waals surface area contributed by atoms with Crippen molar-refractivity contribution in [2.24, 2.45) is 11.8 Å². The van der Waals surface area contributed by atoms with Gasteiger partial charge in [0, 0.05) is 6.61 Å². The van der Waals surface area contributed by atoms with Gasteiger partial charge in [-0.2, -0.15) is 0 Å². The predicted octanol–water partition coefficient (Wildman–Crippen LogP) is 3.00. The van der Waals surface area contributed by atoms with Crippen LogP contribution < -0.4 is 0 Å². The molecular formula is C11H22O. The highest BCUT2D eigenvalue weighted by Crippen LogP contribution is 2.16. The Labute approximate surface area is 76.5 Å². The SMILES string of the molecule is CC(C)=CCC[C@@H](C)[C@H](C)CO. The van der Waals surface area contributed by atoms with Gasteiger partial charge in [-0.3, -0.25) is 0 Å². The van der Waals surface area contributed by atoms with Gasteiger partial charge in [-0.05, 0) is 38.5 Å². The van der Waals surface area contributed by atoms with Gasteiger partial charge in [0.2, 0.25) is 0 Å². The summed E-state index contributed by atoms with van der Waals surface area (Å²) in [5, 5.41) is 8.90. The Morgan fingerprint density at radius 1 is 1.25 bits per heavy atom. The molecule has 0 saturated heterocycles. The van der Waals surface area contributed by atoms with Crippen molar-refractivity contribution in [1.29, 1.82) is 0 Å². The molecule has 0 aromatic rings. The highest BCUT2D eigenvalue weighted by Gasteiger charge is 2.09. The Morgan fingerprint density at radius 3 is 2.25 bits per heavy atom. The van der Waals surface area contributed by atoms with Crippen LogP contribution in [0.5, 0.6) is 0 Å². The maximum Gasteiger partial charge on any atom is 0.0459 e. The summed E-state index contributed by atoms with van der Waals surface area (Å²) in [5.74, 6) is 1.07. The molecule has 1 heteroatoms. The number of allylic oxidation sites excluding steroid dienone is 2. The van der Waals surface area contributed by atoms with Crippen LogP contribution in [0, 0.1) is 11.8 Å². The second-order valence-electron chi connectivity index (χ2n) is 4.00. The van der Waals surface area contributed by atoms with E-state index in [2.05, 4.69) is 33.8 Å². The average Bonchev–Trinajstić information content (AvgIpc) is 2.02. The summed E-state index contributed by atoms with van der Waals surface area (Å²) in [6, 6.07) is 0. The lowest BCUT2D eigenvalue weighted by Gasteiger charge is -2.16. The van der Waals surface area contributed by atoms with E-state index in [0.29, 0.717) is 18.4 Å². The Bertz CT molecular complexity index is 134. The molecule has 0 amide bonds. The molecule has 0 spiro atoms. The van der Waals surface area contributed by atoms with Gasteiger partial charge in [0.25, 0.3) is 0 Å². The largest absolute Gasteiger partial charge is 0.396 e. The van der Waals surface area contributed by atoms with Crippen molar-refractivity contribution < 1.29 is 5.11 Å². The van der Waals surface area contributed by atoms with E-state index in [-0.39, 0.29) is 0 Å². The molecule has 0 bridgehead atoms. The zero-order valence-electron chi connectivity index (χ0n) is 8.80. The van der Waals surface area contributed by atoms with Crippen molar-refractivity contribution in [2.45, 2.75) is 40.5 Å². The lowest BCUT2D eigenvalue weighted by atomic mass is 9.92. The Hall–Kier alpha value is -0.300. The number of rotatable bonds is 5. The fraction of sp³-hybridized carbons (Fsp3) is 0.818. The van der Waals surface area contributed by atoms with Crippen LogP contribution >= 0.6 is 0 Å². The third-order valence-electron chi connectivity index (χ3n) is 2.43. The van der Waals surface area contributed by atoms with Crippen molar-refractivity contribution in [1.82, 2.24) is 0 Å². The monoisotopic (exact) mass is 170 g/mol. The first-order valence-electron chi connectivity index (χ1n) is 4.82. The highest BCUT2D eigenvalue weighted by atomic mass is 16.3. The Balaban J connectivity index is 3.57. The Morgan fingerprint density at radius 2 is 1.83 bits per heavy atom. The molecule has 1 nitrogen and oxygen atoms in total. The smallest absolute Gasteiger partial charge is 0.0459 e. The first-order valence-corrected chi connectivity index (χ1v) is 4.82. The summed E-state index contributed by atoms with van der Waals surface area (Å²) in [5.41, 5.74) is 1.39. The fourth-order valence-corrected chi connectivity index (χ4v) is 1.10. The van der Waals surface area contributed by atoms with Crippen molar-refractivity contribution in [3.05, 3.63) is 11.6 Å². The quantitative estimate of drug-likeness (QED) is 0.629. The van der Waals surface area contributed by atoms with E-state index in [1.807, 2.05) is 0 Å². The molecule has 0 unspecified atom stereocenters. The summed E-state index contributed by atoms with van der Waals surface area (Å²) in [6.07, 6.45) is 4.60. The minimum Gasteiger partial charge on any atom is -0.396 e. The number of hydrogen-bond acceptors (Lipinski definition) is 1. The molecule has 1 N–H and O–H groups in total. The predicted molar refractivity (Wildman–Crippen MR) is 54.1 cm³/mol. The van der Waals surface area contributed by atoms with Crippen molar-refractivity contribution in [2.75, 3.05) is 6.61 Å². The molecule has 0 aromatic heterocycles. The van der Waals surface area contributed by atoms with E-state index >= 15 is 0 Å². The lowest BCUT2D eigenvalue weighted by Crippen LogP contribution is -2.11. The van der Waals surface area contributed by atoms with Gasteiger partial charge in [0.15, 0.2) is 0 Å². The Kier molecular flexibility index (Phi) is 6.09. The molecule has 2 atom stereocenters. The van der Waals surface area contributed by atoms with Crippen molar-refractivity contribution >= 4 is 0 Å². The van der Waals surface area contributed by atoms with Crippen LogP contribution in [0.3, 0.4) is 0 Å². The van der Waals surface area contributed by atoms with E-state index in [1.165, 1.54) is 12.0 Å². The van der Waals surface area contributed by atoms with Crippen LogP contribution in [0.25, 0.3) is 0 Å². The van der Waals surface area contributed by atoms with Gasteiger partial charge in [0.1, 0.15) is 0 Å². The molecule has 0 aliphatic rings. The van der Waals surface area contributed by atoms with Crippen LogP contribution in [-0.4, -0.2) is 11.7 Å². The van der Waals surface area contributed by atoms with Gasteiger partial charge in [0.05, 0.1) is 0 Å². The second kappa shape index (κ2) is 6.24. The van der Waals surface area contributed by atoms with Crippen molar-refractivity contribution in [3.8, 4) is 0 Å². The summed E-state index contributed by atoms with van der Waals surface area (Å²) in [4.78, 5) is 0. The van der Waals surface area contributed by atoms with Crippen LogP contribution in [0.2, 0.25) is 0 Å². The molecule has 0 aromatic carbocycles. The molecule has 0 rings (SSSR count). The fourth-order valence-electron chi connectivity index (χ4n) is 1.10. The summed E-state index contributed by atoms with van der Waals surface area (Å²) < 4.78 is 0. The first-order chi connectivity index (χ1) is 5.57. The van der Waals surface area contributed by atoms with E-state index in [9.17, 15) is 0 Å². The normalized spacial score (nSPS) is 15.4. The van der Waals surface area contributed by atoms with Crippen LogP contribution in [-0.2, 0) is 0 Å². The van der Waals surface area contributed by atoms with Crippen LogP contribution in [0.1, 0.15) is 40.5 Å². The standard InChI is InChI=1S/C11H22O/c1-9(2)6-5-7-10(3)11(4)8-12/h6,10-12H,5,7-8H2,1-4H3/t10-,11-/m1/s1. The van der Waals surface area contributed by atoms with Crippen molar-refractivity contribution in [3.63, 3.8) is 0 Å². The van der Waals surface area contributed by atoms with Gasteiger partial charge in [-0.1, -0.05) is 25.5 Å². The zero-order valence-corrected chi connectivity index (χ0v) is 8.80. The third kappa shape index (κ3) is 5.36. The van der Waals surface area contributed by atoms with Crippen LogP contribution in [0.4, 0.5) is 0 Å². The molecule has 0 fully saturated rings. The third-order valence-corrected chi connectivity index (χ3v) is 2.43. The number of aliphatic hydroxyl groups is 1. The summed E-state index contributed by atoms with van der Waals surface area (Å²) in [7, 11) is 0. The molecule has 0 aliphatic carbocycles. The van der Waals surface area contributed by atoms with E-state index in [4.69, 9.17) is 5.11 Å². The molecule has 0 aliphatic heterocycles. The molecular weight excluding hydrogens is 148 g/mol. The van der Waals surface area contributed by atoms with Gasteiger partial charge in [-0.15, -0.1) is 0 Å². The highest BCUT2D eigenvalue weighted by molar-refractivity contribution is 4.92. The number of aliphatic hydroxyl groups excluding tert-OH is 1.